The van der Waals surface area contributed by atoms with Crippen molar-refractivity contribution in [1.29, 1.82) is 0 Å². The van der Waals surface area contributed by atoms with Gasteiger partial charge in [-0.2, -0.15) is 0 Å². The van der Waals surface area contributed by atoms with E-state index in [1.807, 2.05) is 6.07 Å². The third-order valence-electron chi connectivity index (χ3n) is 2.59. The molecule has 1 aliphatic rings. The summed E-state index contributed by atoms with van der Waals surface area (Å²) in [5.74, 6) is 0.461. The van der Waals surface area contributed by atoms with Gasteiger partial charge in [-0.1, -0.05) is 18.9 Å². The molecule has 0 N–H and O–H groups in total. The minimum absolute atomic E-state index is 0.184. The van der Waals surface area contributed by atoms with Crippen LogP contribution in [0.4, 0.5) is 4.39 Å². The number of benzene rings is 1. The van der Waals surface area contributed by atoms with E-state index in [-0.39, 0.29) is 5.82 Å². The van der Waals surface area contributed by atoms with Gasteiger partial charge >= 0.3 is 0 Å². The molecule has 0 bridgehead atoms. The highest BCUT2D eigenvalue weighted by Gasteiger charge is 2.16. The number of halogens is 1. The van der Waals surface area contributed by atoms with Crippen molar-refractivity contribution >= 4 is 0 Å². The van der Waals surface area contributed by atoms with Crippen molar-refractivity contribution in [1.82, 2.24) is 0 Å². The largest absolute Gasteiger partial charge is 0.207 e. The van der Waals surface area contributed by atoms with Crippen molar-refractivity contribution in [2.45, 2.75) is 31.6 Å². The van der Waals surface area contributed by atoms with E-state index in [9.17, 15) is 4.39 Å². The molecular formula is C11H12F. The molecule has 0 amide bonds. The van der Waals surface area contributed by atoms with Crippen LogP contribution in [0.15, 0.2) is 18.2 Å². The van der Waals surface area contributed by atoms with Gasteiger partial charge in [-0.25, -0.2) is 4.39 Å². The minimum Gasteiger partial charge on any atom is -0.207 e. The van der Waals surface area contributed by atoms with Crippen LogP contribution in [0.2, 0.25) is 0 Å². The van der Waals surface area contributed by atoms with Crippen molar-refractivity contribution in [2.75, 3.05) is 0 Å². The second-order valence-electron chi connectivity index (χ2n) is 3.44. The van der Waals surface area contributed by atoms with Gasteiger partial charge in [-0.05, 0) is 42.5 Å². The quantitative estimate of drug-likeness (QED) is 0.596. The van der Waals surface area contributed by atoms with Gasteiger partial charge < -0.3 is 0 Å². The number of hydrogen-bond acceptors (Lipinski definition) is 0. The normalized spacial score (nSPS) is 18.4. The highest BCUT2D eigenvalue weighted by molar-refractivity contribution is 5.19. The van der Waals surface area contributed by atoms with E-state index in [1.165, 1.54) is 43.4 Å². The summed E-state index contributed by atoms with van der Waals surface area (Å²) in [4.78, 5) is 0. The maximum Gasteiger partial charge on any atom is 0.123 e. The van der Waals surface area contributed by atoms with E-state index in [1.54, 1.807) is 0 Å². The Labute approximate surface area is 72.4 Å². The molecule has 0 atom stereocenters. The molecule has 0 aromatic heterocycles. The van der Waals surface area contributed by atoms with E-state index in [0.29, 0.717) is 5.92 Å². The fourth-order valence-corrected chi connectivity index (χ4v) is 1.91. The Morgan fingerprint density at radius 1 is 1.25 bits per heavy atom. The smallest absolute Gasteiger partial charge is 0.123 e. The van der Waals surface area contributed by atoms with Crippen LogP contribution in [0.25, 0.3) is 0 Å². The van der Waals surface area contributed by atoms with E-state index >= 15 is 0 Å². The zero-order chi connectivity index (χ0) is 8.39. The second-order valence-corrected chi connectivity index (χ2v) is 3.44. The van der Waals surface area contributed by atoms with Crippen LogP contribution in [0.5, 0.6) is 0 Å². The monoisotopic (exact) mass is 163 g/mol. The maximum absolute atomic E-state index is 12.5. The Kier molecular flexibility index (Phi) is 2.11. The van der Waals surface area contributed by atoms with Crippen LogP contribution >= 0.6 is 0 Å². The molecule has 1 heteroatoms. The molecule has 12 heavy (non-hydrogen) atoms. The van der Waals surface area contributed by atoms with E-state index in [0.717, 1.165) is 0 Å². The van der Waals surface area contributed by atoms with Crippen LogP contribution in [0.1, 0.15) is 37.2 Å². The molecule has 0 heterocycles. The van der Waals surface area contributed by atoms with Crippen LogP contribution in [-0.2, 0) is 0 Å². The summed E-state index contributed by atoms with van der Waals surface area (Å²) in [6, 6.07) is 7.84. The van der Waals surface area contributed by atoms with Gasteiger partial charge in [0.05, 0.1) is 0 Å². The first kappa shape index (κ1) is 7.78. The van der Waals surface area contributed by atoms with Crippen molar-refractivity contribution in [3.05, 3.63) is 35.6 Å². The lowest BCUT2D eigenvalue weighted by Crippen LogP contribution is -1.91. The molecule has 0 nitrogen and oxygen atoms in total. The Morgan fingerprint density at radius 2 is 2.00 bits per heavy atom. The van der Waals surface area contributed by atoms with Crippen molar-refractivity contribution in [3.63, 3.8) is 0 Å². The topological polar surface area (TPSA) is 0 Å². The van der Waals surface area contributed by atoms with Crippen molar-refractivity contribution in [2.24, 2.45) is 0 Å². The maximum atomic E-state index is 12.5. The molecule has 1 radical (unpaired) electrons. The Bertz CT molecular complexity index is 244. The molecule has 0 spiro atoms. The van der Waals surface area contributed by atoms with Gasteiger partial charge in [-0.15, -0.1) is 0 Å². The summed E-state index contributed by atoms with van der Waals surface area (Å²) in [5.41, 5.74) is 1.19. The average Bonchev–Trinajstić information content (AvgIpc) is 2.58. The lowest BCUT2D eigenvalue weighted by atomic mass is 9.98. The van der Waals surface area contributed by atoms with Crippen molar-refractivity contribution < 1.29 is 4.39 Å². The lowest BCUT2D eigenvalue weighted by molar-refractivity contribution is 0.624. The summed E-state index contributed by atoms with van der Waals surface area (Å²) < 4.78 is 12.5. The molecule has 1 fully saturated rings. The van der Waals surface area contributed by atoms with E-state index in [2.05, 4.69) is 6.07 Å². The molecule has 0 unspecified atom stereocenters. The van der Waals surface area contributed by atoms with Crippen LogP contribution < -0.4 is 0 Å². The molecule has 2 rings (SSSR count). The predicted octanol–water partition coefficient (Wildman–Crippen LogP) is 3.28. The third kappa shape index (κ3) is 1.50. The zero-order valence-electron chi connectivity index (χ0n) is 7.02. The molecule has 0 saturated heterocycles. The molecule has 1 saturated carbocycles. The van der Waals surface area contributed by atoms with Gasteiger partial charge in [0.1, 0.15) is 5.82 Å². The molecule has 63 valence electrons. The van der Waals surface area contributed by atoms with E-state index < -0.39 is 0 Å². The van der Waals surface area contributed by atoms with Crippen LogP contribution in [-0.4, -0.2) is 0 Å². The minimum atomic E-state index is -0.184. The van der Waals surface area contributed by atoms with Gasteiger partial charge in [0.15, 0.2) is 0 Å². The highest BCUT2D eigenvalue weighted by atomic mass is 19.1. The standard InChI is InChI=1S/C11H12F/c12-11-7-5-10(6-8-11)9-3-1-2-4-9/h5,7-9H,1-4H2. The first-order valence-electron chi connectivity index (χ1n) is 4.53. The number of rotatable bonds is 1. The first-order valence-corrected chi connectivity index (χ1v) is 4.53. The molecule has 1 aromatic carbocycles. The Hall–Kier alpha value is -0.850. The predicted molar refractivity (Wildman–Crippen MR) is 46.4 cm³/mol. The molecule has 0 aliphatic heterocycles. The Morgan fingerprint density at radius 3 is 2.58 bits per heavy atom. The zero-order valence-corrected chi connectivity index (χ0v) is 7.02. The molecular weight excluding hydrogens is 151 g/mol. The average molecular weight is 163 g/mol. The van der Waals surface area contributed by atoms with Gasteiger partial charge in [0.25, 0.3) is 0 Å². The second kappa shape index (κ2) is 3.26. The van der Waals surface area contributed by atoms with Gasteiger partial charge in [-0.3, -0.25) is 0 Å². The lowest BCUT2D eigenvalue weighted by Gasteiger charge is -2.07. The number of hydrogen-bond donors (Lipinski definition) is 0. The van der Waals surface area contributed by atoms with Gasteiger partial charge in [0.2, 0.25) is 0 Å². The molecule has 1 aliphatic carbocycles. The van der Waals surface area contributed by atoms with Crippen LogP contribution in [0, 0.1) is 11.9 Å². The van der Waals surface area contributed by atoms with Crippen molar-refractivity contribution in [3.8, 4) is 0 Å². The highest BCUT2D eigenvalue weighted by Crippen LogP contribution is 2.33. The van der Waals surface area contributed by atoms with Gasteiger partial charge in [0, 0.05) is 0 Å². The van der Waals surface area contributed by atoms with Crippen LogP contribution in [0.3, 0.4) is 0 Å². The van der Waals surface area contributed by atoms with E-state index in [4.69, 9.17) is 0 Å². The SMILES string of the molecule is Fc1c[c]c(C2CCCC2)cc1. The fourth-order valence-electron chi connectivity index (χ4n) is 1.91. The summed E-state index contributed by atoms with van der Waals surface area (Å²) in [6.45, 7) is 0. The Balaban J connectivity index is 2.17. The first-order chi connectivity index (χ1) is 5.86. The molecule has 1 aromatic rings. The summed E-state index contributed by atoms with van der Waals surface area (Å²) in [7, 11) is 0. The summed E-state index contributed by atoms with van der Waals surface area (Å²) >= 11 is 0. The summed E-state index contributed by atoms with van der Waals surface area (Å²) in [6.07, 6.45) is 5.13. The summed E-state index contributed by atoms with van der Waals surface area (Å²) in [5, 5.41) is 0. The third-order valence-corrected chi connectivity index (χ3v) is 2.59. The fraction of sp³-hybridized carbons (Fsp3) is 0.455.